The molecule has 0 heterocycles. The molecule has 0 amide bonds. The number of hydrogen-bond acceptors (Lipinski definition) is 6. The summed E-state index contributed by atoms with van der Waals surface area (Å²) >= 11 is 0. The summed E-state index contributed by atoms with van der Waals surface area (Å²) in [5, 5.41) is 19.1. The number of carbonyl (C=O) groups is 1. The van der Waals surface area contributed by atoms with E-state index >= 15 is 0 Å². The van der Waals surface area contributed by atoms with Crippen molar-refractivity contribution in [3.63, 3.8) is 0 Å². The molecule has 0 fully saturated rings. The van der Waals surface area contributed by atoms with Gasteiger partial charge in [-0.25, -0.2) is 9.18 Å². The maximum absolute atomic E-state index is 13.5. The van der Waals surface area contributed by atoms with Crippen LogP contribution in [0.25, 0.3) is 0 Å². The van der Waals surface area contributed by atoms with Gasteiger partial charge < -0.3 is 10.5 Å². The zero-order valence-corrected chi connectivity index (χ0v) is 9.90. The largest absolute Gasteiger partial charge is 0.465 e. The number of nitrogens with zero attached hydrogens (tertiary/aromatic N) is 2. The molecule has 0 saturated heterocycles. The standard InChI is InChI=1S/C11H10FN5O2/c1-19-11(18)7-3-2-6(4-8(7)12)16-17-9(5-13)10(14)15/h2-4,16H,1H3,(H3,14,15)/b17-9+. The third-order valence-corrected chi connectivity index (χ3v) is 2.03. The summed E-state index contributed by atoms with van der Waals surface area (Å²) < 4.78 is 17.9. The highest BCUT2D eigenvalue weighted by Crippen LogP contribution is 2.15. The second kappa shape index (κ2) is 6.11. The molecular weight excluding hydrogens is 253 g/mol. The first-order valence-corrected chi connectivity index (χ1v) is 4.95. The Bertz CT molecular complexity index is 591. The third-order valence-electron chi connectivity index (χ3n) is 2.03. The molecule has 0 spiro atoms. The lowest BCUT2D eigenvalue weighted by Crippen LogP contribution is -2.21. The summed E-state index contributed by atoms with van der Waals surface area (Å²) in [5.74, 6) is -2.11. The van der Waals surface area contributed by atoms with Gasteiger partial charge in [0.05, 0.1) is 18.4 Å². The molecule has 1 aromatic rings. The number of rotatable bonds is 4. The summed E-state index contributed by atoms with van der Waals surface area (Å²) in [5.41, 5.74) is 7.07. The summed E-state index contributed by atoms with van der Waals surface area (Å²) in [6.45, 7) is 0. The second-order valence-corrected chi connectivity index (χ2v) is 3.28. The van der Waals surface area contributed by atoms with Crippen LogP contribution in [0.4, 0.5) is 10.1 Å². The van der Waals surface area contributed by atoms with Crippen LogP contribution in [0, 0.1) is 22.6 Å². The topological polar surface area (TPSA) is 124 Å². The van der Waals surface area contributed by atoms with Gasteiger partial charge in [0.25, 0.3) is 0 Å². The summed E-state index contributed by atoms with van der Waals surface area (Å²) in [4.78, 5) is 11.1. The van der Waals surface area contributed by atoms with Crippen molar-refractivity contribution in [2.45, 2.75) is 0 Å². The zero-order valence-electron chi connectivity index (χ0n) is 9.90. The predicted octanol–water partition coefficient (Wildman–Crippen LogP) is 0.840. The second-order valence-electron chi connectivity index (χ2n) is 3.28. The minimum Gasteiger partial charge on any atom is -0.465 e. The normalized spacial score (nSPS) is 10.5. The fraction of sp³-hybridized carbons (Fsp3) is 0.0909. The number of nitrogens with two attached hydrogens (primary N) is 1. The Kier molecular flexibility index (Phi) is 4.54. The van der Waals surface area contributed by atoms with Crippen LogP contribution in [-0.4, -0.2) is 24.6 Å². The van der Waals surface area contributed by atoms with Gasteiger partial charge in [0, 0.05) is 0 Å². The minimum atomic E-state index is -0.798. The summed E-state index contributed by atoms with van der Waals surface area (Å²) in [6.07, 6.45) is 0. The van der Waals surface area contributed by atoms with Gasteiger partial charge in [0.15, 0.2) is 5.84 Å². The highest BCUT2D eigenvalue weighted by atomic mass is 19.1. The fourth-order valence-electron chi connectivity index (χ4n) is 1.13. The van der Waals surface area contributed by atoms with Crippen molar-refractivity contribution in [1.82, 2.24) is 0 Å². The number of hydrogen-bond donors (Lipinski definition) is 3. The van der Waals surface area contributed by atoms with Crippen molar-refractivity contribution in [2.24, 2.45) is 10.8 Å². The third kappa shape index (κ3) is 3.50. The van der Waals surface area contributed by atoms with E-state index in [-0.39, 0.29) is 17.0 Å². The Morgan fingerprint density at radius 2 is 2.32 bits per heavy atom. The highest BCUT2D eigenvalue weighted by molar-refractivity contribution is 6.45. The number of esters is 1. The first-order valence-electron chi connectivity index (χ1n) is 4.95. The van der Waals surface area contributed by atoms with Crippen LogP contribution in [0.15, 0.2) is 23.3 Å². The fourth-order valence-corrected chi connectivity index (χ4v) is 1.13. The molecule has 1 aromatic carbocycles. The van der Waals surface area contributed by atoms with Crippen molar-refractivity contribution < 1.29 is 13.9 Å². The predicted molar refractivity (Wildman–Crippen MR) is 66.3 cm³/mol. The van der Waals surface area contributed by atoms with Crippen molar-refractivity contribution in [2.75, 3.05) is 12.5 Å². The van der Waals surface area contributed by atoms with E-state index in [1.807, 2.05) is 0 Å². The molecule has 0 bridgehead atoms. The maximum Gasteiger partial charge on any atom is 0.340 e. The van der Waals surface area contributed by atoms with Crippen LogP contribution in [0.1, 0.15) is 10.4 Å². The van der Waals surface area contributed by atoms with Gasteiger partial charge in [-0.15, -0.1) is 0 Å². The van der Waals surface area contributed by atoms with E-state index in [1.165, 1.54) is 12.1 Å². The molecule has 0 atom stereocenters. The first kappa shape index (κ1) is 14.1. The Hall–Kier alpha value is -2.95. The van der Waals surface area contributed by atoms with Crippen molar-refractivity contribution >= 4 is 23.2 Å². The van der Waals surface area contributed by atoms with E-state index in [2.05, 4.69) is 15.3 Å². The molecule has 8 heteroatoms. The van der Waals surface area contributed by atoms with E-state index in [9.17, 15) is 9.18 Å². The van der Waals surface area contributed by atoms with E-state index < -0.39 is 17.6 Å². The number of benzene rings is 1. The Labute approximate surface area is 108 Å². The zero-order chi connectivity index (χ0) is 14.4. The van der Waals surface area contributed by atoms with E-state index in [0.717, 1.165) is 13.2 Å². The van der Waals surface area contributed by atoms with Gasteiger partial charge in [-0.2, -0.15) is 10.4 Å². The van der Waals surface area contributed by atoms with Gasteiger partial charge in [0.2, 0.25) is 5.71 Å². The molecule has 0 aliphatic heterocycles. The van der Waals surface area contributed by atoms with E-state index in [4.69, 9.17) is 16.4 Å². The van der Waals surface area contributed by atoms with Gasteiger partial charge in [-0.1, -0.05) is 0 Å². The number of amidine groups is 1. The molecule has 19 heavy (non-hydrogen) atoms. The molecular formula is C11H10FN5O2. The molecule has 0 unspecified atom stereocenters. The summed E-state index contributed by atoms with van der Waals surface area (Å²) in [6, 6.07) is 5.18. The SMILES string of the molecule is COC(=O)c1ccc(N/N=C(\C#N)C(=N)N)cc1F. The number of nitrogens with one attached hydrogen (secondary N) is 2. The van der Waals surface area contributed by atoms with Gasteiger partial charge in [-0.3, -0.25) is 10.8 Å². The monoisotopic (exact) mass is 263 g/mol. The van der Waals surface area contributed by atoms with Crippen LogP contribution in [-0.2, 0) is 4.74 Å². The lowest BCUT2D eigenvalue weighted by Gasteiger charge is -2.04. The number of hydrazone groups is 1. The molecule has 0 aliphatic carbocycles. The number of methoxy groups -OCH3 is 1. The average molecular weight is 263 g/mol. The molecule has 4 N–H and O–H groups in total. The number of nitriles is 1. The smallest absolute Gasteiger partial charge is 0.340 e. The number of ether oxygens (including phenoxy) is 1. The van der Waals surface area contributed by atoms with Crippen LogP contribution in [0.2, 0.25) is 0 Å². The van der Waals surface area contributed by atoms with Gasteiger partial charge >= 0.3 is 5.97 Å². The lowest BCUT2D eigenvalue weighted by molar-refractivity contribution is 0.0595. The van der Waals surface area contributed by atoms with Crippen molar-refractivity contribution in [3.8, 4) is 6.07 Å². The van der Waals surface area contributed by atoms with Crippen LogP contribution >= 0.6 is 0 Å². The number of anilines is 1. The number of carbonyl (C=O) groups excluding carboxylic acids is 1. The molecule has 0 aromatic heterocycles. The molecule has 1 rings (SSSR count). The van der Waals surface area contributed by atoms with Crippen LogP contribution in [0.3, 0.4) is 0 Å². The molecule has 0 radical (unpaired) electrons. The average Bonchev–Trinajstić information content (AvgIpc) is 2.38. The summed E-state index contributed by atoms with van der Waals surface area (Å²) in [7, 11) is 1.14. The molecule has 0 saturated carbocycles. The lowest BCUT2D eigenvalue weighted by atomic mass is 10.2. The first-order chi connectivity index (χ1) is 8.99. The Morgan fingerprint density at radius 1 is 1.63 bits per heavy atom. The molecule has 7 nitrogen and oxygen atoms in total. The molecule has 98 valence electrons. The van der Waals surface area contributed by atoms with Crippen molar-refractivity contribution in [1.29, 1.82) is 10.7 Å². The maximum atomic E-state index is 13.5. The van der Waals surface area contributed by atoms with Crippen LogP contribution < -0.4 is 11.2 Å². The Balaban J connectivity index is 2.94. The number of halogens is 1. The van der Waals surface area contributed by atoms with Gasteiger partial charge in [0.1, 0.15) is 11.9 Å². The van der Waals surface area contributed by atoms with Crippen molar-refractivity contribution in [3.05, 3.63) is 29.6 Å². The van der Waals surface area contributed by atoms with E-state index in [1.54, 1.807) is 6.07 Å². The van der Waals surface area contributed by atoms with Crippen LogP contribution in [0.5, 0.6) is 0 Å². The van der Waals surface area contributed by atoms with Gasteiger partial charge in [-0.05, 0) is 18.2 Å². The highest BCUT2D eigenvalue weighted by Gasteiger charge is 2.12. The minimum absolute atomic E-state index is 0.194. The Morgan fingerprint density at radius 3 is 2.79 bits per heavy atom. The molecule has 0 aliphatic rings. The van der Waals surface area contributed by atoms with E-state index in [0.29, 0.717) is 0 Å². The quantitative estimate of drug-likeness (QED) is 0.321.